The lowest BCUT2D eigenvalue weighted by Gasteiger charge is -2.24. The van der Waals surface area contributed by atoms with E-state index in [-0.39, 0.29) is 18.0 Å². The molecule has 0 unspecified atom stereocenters. The fourth-order valence-electron chi connectivity index (χ4n) is 1.85. The van der Waals surface area contributed by atoms with Crippen molar-refractivity contribution in [2.45, 2.75) is 20.4 Å². The number of aliphatic hydroxyl groups is 1. The summed E-state index contributed by atoms with van der Waals surface area (Å²) in [4.78, 5) is 23.1. The van der Waals surface area contributed by atoms with Crippen LogP contribution in [0.2, 0.25) is 0 Å². The van der Waals surface area contributed by atoms with Gasteiger partial charge in [-0.2, -0.15) is 0 Å². The van der Waals surface area contributed by atoms with Crippen LogP contribution in [-0.4, -0.2) is 39.1 Å². The van der Waals surface area contributed by atoms with Crippen LogP contribution in [0.3, 0.4) is 0 Å². The number of aliphatic hydroxyl groups excluding tert-OH is 1. The molecular formula is C13H18N2O5. The Bertz CT molecular complexity index is 502. The molecule has 1 aromatic rings. The topological polar surface area (TPSA) is 104 Å². The highest BCUT2D eigenvalue weighted by molar-refractivity contribution is 5.77. The van der Waals surface area contributed by atoms with E-state index in [0.717, 1.165) is 0 Å². The zero-order valence-electron chi connectivity index (χ0n) is 11.4. The number of benzene rings is 1. The number of rotatable bonds is 6. The molecule has 0 fully saturated rings. The number of nitrogens with zero attached hydrogens (tertiary/aromatic N) is 2. The summed E-state index contributed by atoms with van der Waals surface area (Å²) in [5.74, 6) is -0.757. The number of aromatic hydroxyl groups is 1. The van der Waals surface area contributed by atoms with Crippen molar-refractivity contribution in [1.29, 1.82) is 0 Å². The third-order valence-corrected chi connectivity index (χ3v) is 2.73. The van der Waals surface area contributed by atoms with Crippen LogP contribution in [0.15, 0.2) is 18.2 Å². The normalized spacial score (nSPS) is 10.6. The van der Waals surface area contributed by atoms with E-state index in [1.165, 1.54) is 23.1 Å². The lowest BCUT2D eigenvalue weighted by molar-refractivity contribution is -0.385. The van der Waals surface area contributed by atoms with Gasteiger partial charge in [0.15, 0.2) is 5.75 Å². The second kappa shape index (κ2) is 6.85. The molecule has 0 aliphatic rings. The number of nitro benzene ring substituents is 1. The van der Waals surface area contributed by atoms with Gasteiger partial charge < -0.3 is 15.1 Å². The quantitative estimate of drug-likeness (QED) is 0.604. The van der Waals surface area contributed by atoms with Crippen molar-refractivity contribution in [3.05, 3.63) is 33.9 Å². The molecule has 0 saturated carbocycles. The van der Waals surface area contributed by atoms with Gasteiger partial charge in [-0.15, -0.1) is 0 Å². The van der Waals surface area contributed by atoms with E-state index >= 15 is 0 Å². The average molecular weight is 282 g/mol. The Labute approximate surface area is 116 Å². The second-order valence-electron chi connectivity index (χ2n) is 4.87. The van der Waals surface area contributed by atoms with Gasteiger partial charge in [-0.25, -0.2) is 0 Å². The SMILES string of the molecule is CC(C)CN(Cc1cccc([N+](=O)[O-])c1O)C(=O)CO. The van der Waals surface area contributed by atoms with Gasteiger partial charge in [-0.05, 0) is 5.92 Å². The minimum absolute atomic E-state index is 0.0189. The molecule has 7 nitrogen and oxygen atoms in total. The number of amides is 1. The van der Waals surface area contributed by atoms with Gasteiger partial charge in [-0.1, -0.05) is 26.0 Å². The molecule has 0 aliphatic carbocycles. The lowest BCUT2D eigenvalue weighted by Crippen LogP contribution is -2.35. The molecule has 0 spiro atoms. The van der Waals surface area contributed by atoms with Crippen molar-refractivity contribution < 1.29 is 19.9 Å². The van der Waals surface area contributed by atoms with Gasteiger partial charge in [0.2, 0.25) is 5.91 Å². The van der Waals surface area contributed by atoms with Gasteiger partial charge in [0.1, 0.15) is 6.61 Å². The Morgan fingerprint density at radius 3 is 2.60 bits per heavy atom. The van der Waals surface area contributed by atoms with Crippen LogP contribution < -0.4 is 0 Å². The van der Waals surface area contributed by atoms with E-state index < -0.39 is 28.9 Å². The standard InChI is InChI=1S/C13H18N2O5/c1-9(2)6-14(12(17)8-16)7-10-4-3-5-11(13(10)18)15(19)20/h3-5,9,16,18H,6-8H2,1-2H3. The molecule has 0 aromatic heterocycles. The van der Waals surface area contributed by atoms with Crippen LogP contribution in [0.25, 0.3) is 0 Å². The lowest BCUT2D eigenvalue weighted by atomic mass is 10.1. The summed E-state index contributed by atoms with van der Waals surface area (Å²) in [7, 11) is 0. The van der Waals surface area contributed by atoms with Gasteiger partial charge >= 0.3 is 5.69 Å². The predicted molar refractivity (Wildman–Crippen MR) is 72.1 cm³/mol. The van der Waals surface area contributed by atoms with E-state index in [4.69, 9.17) is 5.11 Å². The maximum absolute atomic E-state index is 11.6. The molecule has 1 aromatic carbocycles. The summed E-state index contributed by atoms with van der Waals surface area (Å²) < 4.78 is 0. The van der Waals surface area contributed by atoms with Crippen LogP contribution in [0.4, 0.5) is 5.69 Å². The minimum atomic E-state index is -0.681. The van der Waals surface area contributed by atoms with Crippen molar-refractivity contribution in [2.75, 3.05) is 13.2 Å². The zero-order valence-corrected chi connectivity index (χ0v) is 11.4. The highest BCUT2D eigenvalue weighted by atomic mass is 16.6. The highest BCUT2D eigenvalue weighted by Crippen LogP contribution is 2.30. The number of hydrogen-bond donors (Lipinski definition) is 2. The molecular weight excluding hydrogens is 264 g/mol. The summed E-state index contributed by atoms with van der Waals surface area (Å²) in [6.07, 6.45) is 0. The maximum atomic E-state index is 11.6. The first-order valence-electron chi connectivity index (χ1n) is 6.20. The molecule has 1 rings (SSSR count). The molecule has 0 radical (unpaired) electrons. The number of hydrogen-bond acceptors (Lipinski definition) is 5. The summed E-state index contributed by atoms with van der Waals surface area (Å²) in [6.45, 7) is 3.59. The van der Waals surface area contributed by atoms with Crippen molar-refractivity contribution in [2.24, 2.45) is 5.92 Å². The number of nitro groups is 1. The maximum Gasteiger partial charge on any atom is 0.311 e. The van der Waals surface area contributed by atoms with Gasteiger partial charge in [0, 0.05) is 24.7 Å². The van der Waals surface area contributed by atoms with E-state index in [0.29, 0.717) is 6.54 Å². The first-order valence-corrected chi connectivity index (χ1v) is 6.20. The number of carbonyl (C=O) groups is 1. The molecule has 0 bridgehead atoms. The summed E-state index contributed by atoms with van der Waals surface area (Å²) in [5.41, 5.74) is -0.120. The third-order valence-electron chi connectivity index (χ3n) is 2.73. The molecule has 0 heterocycles. The third kappa shape index (κ3) is 3.92. The first-order chi connectivity index (χ1) is 9.36. The zero-order chi connectivity index (χ0) is 15.3. The molecule has 0 aliphatic heterocycles. The van der Waals surface area contributed by atoms with Crippen LogP contribution >= 0.6 is 0 Å². The molecule has 7 heteroatoms. The van der Waals surface area contributed by atoms with Crippen LogP contribution in [0.1, 0.15) is 19.4 Å². The van der Waals surface area contributed by atoms with Crippen LogP contribution in [-0.2, 0) is 11.3 Å². The minimum Gasteiger partial charge on any atom is -0.502 e. The molecule has 20 heavy (non-hydrogen) atoms. The molecule has 1 amide bonds. The smallest absolute Gasteiger partial charge is 0.311 e. The Morgan fingerprint density at radius 1 is 1.45 bits per heavy atom. The average Bonchev–Trinajstić information content (AvgIpc) is 2.38. The predicted octanol–water partition coefficient (Wildman–Crippen LogP) is 1.28. The van der Waals surface area contributed by atoms with Crippen molar-refractivity contribution in [1.82, 2.24) is 4.90 Å². The van der Waals surface area contributed by atoms with Crippen LogP contribution in [0.5, 0.6) is 5.75 Å². The fourth-order valence-corrected chi connectivity index (χ4v) is 1.85. The number of phenols is 1. The van der Waals surface area contributed by atoms with Crippen molar-refractivity contribution in [3.8, 4) is 5.75 Å². The van der Waals surface area contributed by atoms with Crippen LogP contribution in [0, 0.1) is 16.0 Å². The Kier molecular flexibility index (Phi) is 5.45. The molecule has 2 N–H and O–H groups in total. The van der Waals surface area contributed by atoms with E-state index in [9.17, 15) is 20.0 Å². The van der Waals surface area contributed by atoms with E-state index in [2.05, 4.69) is 0 Å². The molecule has 0 atom stereocenters. The summed E-state index contributed by atoms with van der Waals surface area (Å²) in [6, 6.07) is 4.16. The second-order valence-corrected chi connectivity index (χ2v) is 4.87. The van der Waals surface area contributed by atoms with Gasteiger partial charge in [0.05, 0.1) is 4.92 Å². The van der Waals surface area contributed by atoms with Crippen molar-refractivity contribution >= 4 is 11.6 Å². The molecule has 0 saturated heterocycles. The van der Waals surface area contributed by atoms with E-state index in [1.54, 1.807) is 0 Å². The first kappa shape index (κ1) is 15.9. The number of phenolic OH excluding ortho intramolecular Hbond substituents is 1. The largest absolute Gasteiger partial charge is 0.502 e. The highest BCUT2D eigenvalue weighted by Gasteiger charge is 2.20. The Hall–Kier alpha value is -2.15. The Balaban J connectivity index is 3.02. The Morgan fingerprint density at radius 2 is 2.10 bits per heavy atom. The number of para-hydroxylation sites is 1. The van der Waals surface area contributed by atoms with Gasteiger partial charge in [-0.3, -0.25) is 14.9 Å². The summed E-state index contributed by atoms with van der Waals surface area (Å²) >= 11 is 0. The van der Waals surface area contributed by atoms with Crippen molar-refractivity contribution in [3.63, 3.8) is 0 Å². The van der Waals surface area contributed by atoms with E-state index in [1.807, 2.05) is 13.8 Å². The fraction of sp³-hybridized carbons (Fsp3) is 0.462. The number of carbonyl (C=O) groups excluding carboxylic acids is 1. The monoisotopic (exact) mass is 282 g/mol. The molecule has 110 valence electrons. The summed E-state index contributed by atoms with van der Waals surface area (Å²) in [5, 5.41) is 29.6. The van der Waals surface area contributed by atoms with Gasteiger partial charge in [0.25, 0.3) is 0 Å².